The molecule has 4 N–H and O–H groups in total. The molecule has 0 aliphatic carbocycles. The van der Waals surface area contributed by atoms with Crippen LogP contribution in [0.2, 0.25) is 0 Å². The Labute approximate surface area is 133 Å². The van der Waals surface area contributed by atoms with Gasteiger partial charge in [0.15, 0.2) is 0 Å². The fourth-order valence-corrected chi connectivity index (χ4v) is 1.92. The van der Waals surface area contributed by atoms with Crippen LogP contribution < -0.4 is 16.4 Å². The molecule has 0 spiro atoms. The average Bonchev–Trinajstić information content (AvgIpc) is 2.54. The van der Waals surface area contributed by atoms with E-state index < -0.39 is 5.91 Å². The smallest absolute Gasteiger partial charge is 0.255 e. The zero-order chi connectivity index (χ0) is 16.8. The summed E-state index contributed by atoms with van der Waals surface area (Å²) in [6.45, 7) is 1.87. The third kappa shape index (κ3) is 4.67. The van der Waals surface area contributed by atoms with Gasteiger partial charge in [0.25, 0.3) is 5.91 Å². The summed E-state index contributed by atoms with van der Waals surface area (Å²) in [6.07, 6.45) is 0. The van der Waals surface area contributed by atoms with Crippen molar-refractivity contribution in [3.63, 3.8) is 0 Å². The van der Waals surface area contributed by atoms with E-state index in [1.807, 2.05) is 0 Å². The van der Waals surface area contributed by atoms with Crippen molar-refractivity contribution in [1.29, 1.82) is 0 Å². The SMILES string of the molecule is CC(=O)NCc1ccc(C(=O)Nc2ccc(C(N)=O)cc2)cc1. The van der Waals surface area contributed by atoms with Gasteiger partial charge in [0.05, 0.1) is 0 Å². The lowest BCUT2D eigenvalue weighted by atomic mass is 10.1. The van der Waals surface area contributed by atoms with Gasteiger partial charge in [-0.25, -0.2) is 0 Å². The van der Waals surface area contributed by atoms with Crippen molar-refractivity contribution in [2.75, 3.05) is 5.32 Å². The summed E-state index contributed by atoms with van der Waals surface area (Å²) in [5.41, 5.74) is 7.51. The summed E-state index contributed by atoms with van der Waals surface area (Å²) in [5, 5.41) is 5.42. The maximum atomic E-state index is 12.1. The first-order chi connectivity index (χ1) is 11.0. The first-order valence-electron chi connectivity index (χ1n) is 7.00. The Morgan fingerprint density at radius 1 is 0.913 bits per heavy atom. The van der Waals surface area contributed by atoms with Gasteiger partial charge in [-0.05, 0) is 42.0 Å². The number of hydrogen-bond acceptors (Lipinski definition) is 3. The highest BCUT2D eigenvalue weighted by Crippen LogP contribution is 2.12. The van der Waals surface area contributed by atoms with Crippen molar-refractivity contribution in [3.05, 3.63) is 65.2 Å². The van der Waals surface area contributed by atoms with Crippen LogP contribution in [-0.2, 0) is 11.3 Å². The van der Waals surface area contributed by atoms with Gasteiger partial charge in [0.2, 0.25) is 11.8 Å². The molecule has 23 heavy (non-hydrogen) atoms. The summed E-state index contributed by atoms with van der Waals surface area (Å²) in [6, 6.07) is 13.3. The molecule has 2 aromatic rings. The number of nitrogens with two attached hydrogens (primary N) is 1. The maximum Gasteiger partial charge on any atom is 0.255 e. The van der Waals surface area contributed by atoms with Crippen LogP contribution in [0.4, 0.5) is 5.69 Å². The fraction of sp³-hybridized carbons (Fsp3) is 0.118. The number of nitrogens with one attached hydrogen (secondary N) is 2. The molecule has 2 aromatic carbocycles. The minimum Gasteiger partial charge on any atom is -0.366 e. The molecule has 0 fully saturated rings. The van der Waals surface area contributed by atoms with E-state index in [2.05, 4.69) is 10.6 Å². The van der Waals surface area contributed by atoms with Gasteiger partial charge in [-0.15, -0.1) is 0 Å². The molecule has 0 saturated heterocycles. The predicted molar refractivity (Wildman–Crippen MR) is 86.9 cm³/mol. The number of primary amides is 1. The molecule has 2 rings (SSSR count). The van der Waals surface area contributed by atoms with Gasteiger partial charge in [-0.1, -0.05) is 12.1 Å². The molecule has 0 radical (unpaired) electrons. The van der Waals surface area contributed by atoms with Gasteiger partial charge in [0.1, 0.15) is 0 Å². The molecular weight excluding hydrogens is 294 g/mol. The highest BCUT2D eigenvalue weighted by Gasteiger charge is 2.07. The van der Waals surface area contributed by atoms with E-state index in [1.165, 1.54) is 6.92 Å². The zero-order valence-electron chi connectivity index (χ0n) is 12.6. The Morgan fingerprint density at radius 2 is 1.48 bits per heavy atom. The summed E-state index contributed by atoms with van der Waals surface area (Å²) in [4.78, 5) is 34.0. The van der Waals surface area contributed by atoms with E-state index in [-0.39, 0.29) is 11.8 Å². The molecule has 0 saturated carbocycles. The number of anilines is 1. The second-order valence-electron chi connectivity index (χ2n) is 5.00. The molecular formula is C17H17N3O3. The van der Waals surface area contributed by atoms with E-state index >= 15 is 0 Å². The van der Waals surface area contributed by atoms with Crippen molar-refractivity contribution in [2.24, 2.45) is 5.73 Å². The van der Waals surface area contributed by atoms with Gasteiger partial charge in [0, 0.05) is 30.3 Å². The minimum absolute atomic E-state index is 0.105. The second kappa shape index (κ2) is 7.22. The van der Waals surface area contributed by atoms with Crippen LogP contribution in [0, 0.1) is 0 Å². The lowest BCUT2D eigenvalue weighted by Crippen LogP contribution is -2.19. The van der Waals surface area contributed by atoms with Gasteiger partial charge < -0.3 is 16.4 Å². The number of rotatable bonds is 5. The Bertz CT molecular complexity index is 722. The van der Waals surface area contributed by atoms with E-state index in [0.717, 1.165) is 5.56 Å². The summed E-state index contributed by atoms with van der Waals surface area (Å²) in [5.74, 6) is -0.883. The summed E-state index contributed by atoms with van der Waals surface area (Å²) >= 11 is 0. The fourth-order valence-electron chi connectivity index (χ4n) is 1.92. The third-order valence-corrected chi connectivity index (χ3v) is 3.18. The predicted octanol–water partition coefficient (Wildman–Crippen LogP) is 1.67. The number of carbonyl (C=O) groups is 3. The molecule has 3 amide bonds. The van der Waals surface area contributed by atoms with Gasteiger partial charge >= 0.3 is 0 Å². The van der Waals surface area contributed by atoms with Crippen LogP contribution in [0.25, 0.3) is 0 Å². The van der Waals surface area contributed by atoms with Crippen LogP contribution in [0.5, 0.6) is 0 Å². The molecule has 0 aromatic heterocycles. The molecule has 0 unspecified atom stereocenters. The summed E-state index contributed by atoms with van der Waals surface area (Å²) < 4.78 is 0. The second-order valence-corrected chi connectivity index (χ2v) is 5.00. The zero-order valence-corrected chi connectivity index (χ0v) is 12.6. The van der Waals surface area contributed by atoms with Crippen LogP contribution in [-0.4, -0.2) is 17.7 Å². The molecule has 118 valence electrons. The lowest BCUT2D eigenvalue weighted by molar-refractivity contribution is -0.119. The van der Waals surface area contributed by atoms with E-state index in [1.54, 1.807) is 48.5 Å². The standard InChI is InChI=1S/C17H17N3O3/c1-11(21)19-10-12-2-4-14(5-3-12)17(23)20-15-8-6-13(7-9-15)16(18)22/h2-9H,10H2,1H3,(H2,18,22)(H,19,21)(H,20,23). The topological polar surface area (TPSA) is 101 Å². The molecule has 0 aliphatic heterocycles. The van der Waals surface area contributed by atoms with Crippen molar-refractivity contribution >= 4 is 23.4 Å². The van der Waals surface area contributed by atoms with Crippen LogP contribution >= 0.6 is 0 Å². The minimum atomic E-state index is -0.516. The van der Waals surface area contributed by atoms with Crippen molar-refractivity contribution in [2.45, 2.75) is 13.5 Å². The van der Waals surface area contributed by atoms with E-state index in [9.17, 15) is 14.4 Å². The third-order valence-electron chi connectivity index (χ3n) is 3.18. The maximum absolute atomic E-state index is 12.1. The molecule has 0 aliphatic rings. The lowest BCUT2D eigenvalue weighted by Gasteiger charge is -2.07. The first kappa shape index (κ1) is 16.2. The van der Waals surface area contributed by atoms with Crippen molar-refractivity contribution in [1.82, 2.24) is 5.32 Å². The Balaban J connectivity index is 2.00. The number of carbonyl (C=O) groups excluding carboxylic acids is 3. The van der Waals surface area contributed by atoms with Crippen LogP contribution in [0.15, 0.2) is 48.5 Å². The molecule has 6 heteroatoms. The van der Waals surface area contributed by atoms with E-state index in [4.69, 9.17) is 5.73 Å². The first-order valence-corrected chi connectivity index (χ1v) is 7.00. The molecule has 0 heterocycles. The number of hydrogen-bond donors (Lipinski definition) is 3. The molecule has 0 bridgehead atoms. The largest absolute Gasteiger partial charge is 0.366 e. The highest BCUT2D eigenvalue weighted by atomic mass is 16.2. The van der Waals surface area contributed by atoms with E-state index in [0.29, 0.717) is 23.4 Å². The Morgan fingerprint density at radius 3 is 2.00 bits per heavy atom. The highest BCUT2D eigenvalue weighted by molar-refractivity contribution is 6.04. The molecule has 6 nitrogen and oxygen atoms in total. The quantitative estimate of drug-likeness (QED) is 0.783. The van der Waals surface area contributed by atoms with Crippen LogP contribution in [0.1, 0.15) is 33.2 Å². The normalized spacial score (nSPS) is 9.96. The summed E-state index contributed by atoms with van der Waals surface area (Å²) in [7, 11) is 0. The van der Waals surface area contributed by atoms with Gasteiger partial charge in [-0.2, -0.15) is 0 Å². The van der Waals surface area contributed by atoms with Gasteiger partial charge in [-0.3, -0.25) is 14.4 Å². The average molecular weight is 311 g/mol. The Kier molecular flexibility index (Phi) is 5.09. The monoisotopic (exact) mass is 311 g/mol. The van der Waals surface area contributed by atoms with Crippen molar-refractivity contribution in [3.8, 4) is 0 Å². The van der Waals surface area contributed by atoms with Crippen molar-refractivity contribution < 1.29 is 14.4 Å². The Hall–Kier alpha value is -3.15. The number of benzene rings is 2. The molecule has 0 atom stereocenters. The van der Waals surface area contributed by atoms with Crippen LogP contribution in [0.3, 0.4) is 0 Å². The number of amides is 3.